The standard InChI is InChI=1S/C26H18ClIN2O7/c1-36-21-11-15(10-20(28)22(21)37-13-14-5-7-16(8-6-14)25(33)34)9-19-23(31)29-26(35)30(24(19)32)18-4-2-3-17(27)12-18/h2-12H,13H2,1H3,(H,33,34)(H,29,31,35)/b19-9+. The number of ether oxygens (including phenoxy) is 2. The molecule has 1 fully saturated rings. The van der Waals surface area contributed by atoms with E-state index >= 15 is 0 Å². The Morgan fingerprint density at radius 1 is 1.11 bits per heavy atom. The number of nitrogens with zero attached hydrogens (tertiary/aromatic N) is 1. The largest absolute Gasteiger partial charge is 0.493 e. The highest BCUT2D eigenvalue weighted by atomic mass is 127. The Kier molecular flexibility index (Phi) is 7.79. The van der Waals surface area contributed by atoms with Crippen molar-refractivity contribution in [3.8, 4) is 11.5 Å². The molecule has 1 aliphatic rings. The van der Waals surface area contributed by atoms with Crippen LogP contribution in [0.2, 0.25) is 5.02 Å². The monoisotopic (exact) mass is 632 g/mol. The number of carboxylic acids is 1. The van der Waals surface area contributed by atoms with E-state index in [2.05, 4.69) is 5.32 Å². The number of hydrogen-bond donors (Lipinski definition) is 2. The molecule has 1 aliphatic heterocycles. The second-order valence-electron chi connectivity index (χ2n) is 7.76. The molecule has 0 saturated carbocycles. The molecule has 3 aromatic rings. The lowest BCUT2D eigenvalue weighted by Crippen LogP contribution is -2.54. The average molecular weight is 633 g/mol. The number of amides is 4. The molecule has 4 amide bonds. The summed E-state index contributed by atoms with van der Waals surface area (Å²) in [6.45, 7) is 0.157. The molecule has 2 N–H and O–H groups in total. The molecule has 9 nitrogen and oxygen atoms in total. The number of barbiturate groups is 1. The highest BCUT2D eigenvalue weighted by Crippen LogP contribution is 2.35. The molecule has 11 heteroatoms. The molecule has 0 unspecified atom stereocenters. The summed E-state index contributed by atoms with van der Waals surface area (Å²) in [7, 11) is 1.45. The number of rotatable bonds is 7. The van der Waals surface area contributed by atoms with Crippen LogP contribution in [0.4, 0.5) is 10.5 Å². The number of carboxylic acid groups (broad SMARTS) is 1. The van der Waals surface area contributed by atoms with E-state index in [4.69, 9.17) is 26.2 Å². The molecule has 188 valence electrons. The molecule has 1 heterocycles. The van der Waals surface area contributed by atoms with Crippen LogP contribution >= 0.6 is 34.2 Å². The number of carbonyl (C=O) groups is 4. The molecule has 4 rings (SSSR count). The number of halogens is 2. The maximum Gasteiger partial charge on any atom is 0.335 e. The van der Waals surface area contributed by atoms with E-state index in [0.29, 0.717) is 25.7 Å². The van der Waals surface area contributed by atoms with Gasteiger partial charge in [-0.3, -0.25) is 14.9 Å². The third-order valence-electron chi connectivity index (χ3n) is 5.31. The van der Waals surface area contributed by atoms with Crippen molar-refractivity contribution in [2.24, 2.45) is 0 Å². The number of benzene rings is 3. The first kappa shape index (κ1) is 26.2. The van der Waals surface area contributed by atoms with Crippen molar-refractivity contribution in [3.05, 3.63) is 91.5 Å². The van der Waals surface area contributed by atoms with E-state index < -0.39 is 23.8 Å². The highest BCUT2D eigenvalue weighted by Gasteiger charge is 2.37. The summed E-state index contributed by atoms with van der Waals surface area (Å²) < 4.78 is 12.0. The van der Waals surface area contributed by atoms with Crippen LogP contribution in [-0.2, 0) is 16.2 Å². The van der Waals surface area contributed by atoms with E-state index in [1.54, 1.807) is 36.4 Å². The van der Waals surface area contributed by atoms with Crippen LogP contribution in [0.15, 0.2) is 66.2 Å². The quantitative estimate of drug-likeness (QED) is 0.216. The molecule has 0 atom stereocenters. The van der Waals surface area contributed by atoms with Gasteiger partial charge >= 0.3 is 12.0 Å². The van der Waals surface area contributed by atoms with Crippen molar-refractivity contribution in [1.82, 2.24) is 5.32 Å². The Balaban J connectivity index is 1.61. The number of urea groups is 1. The Labute approximate surface area is 229 Å². The van der Waals surface area contributed by atoms with Crippen LogP contribution < -0.4 is 19.7 Å². The zero-order chi connectivity index (χ0) is 26.7. The van der Waals surface area contributed by atoms with Gasteiger partial charge in [-0.2, -0.15) is 0 Å². The summed E-state index contributed by atoms with van der Waals surface area (Å²) in [6, 6.07) is 14.9. The Bertz CT molecular complexity index is 1450. The van der Waals surface area contributed by atoms with Gasteiger partial charge in [-0.05, 0) is 82.3 Å². The lowest BCUT2D eigenvalue weighted by molar-refractivity contribution is -0.122. The predicted molar refractivity (Wildman–Crippen MR) is 144 cm³/mol. The minimum absolute atomic E-state index is 0.157. The summed E-state index contributed by atoms with van der Waals surface area (Å²) in [5.41, 5.74) is 1.37. The predicted octanol–water partition coefficient (Wildman–Crippen LogP) is 4.90. The van der Waals surface area contributed by atoms with Crippen molar-refractivity contribution in [3.63, 3.8) is 0 Å². The fourth-order valence-electron chi connectivity index (χ4n) is 3.54. The number of hydrogen-bond acceptors (Lipinski definition) is 6. The van der Waals surface area contributed by atoms with Gasteiger partial charge in [0.25, 0.3) is 11.8 Å². The maximum atomic E-state index is 13.1. The van der Waals surface area contributed by atoms with Crippen molar-refractivity contribution in [2.75, 3.05) is 12.0 Å². The zero-order valence-corrected chi connectivity index (χ0v) is 22.1. The smallest absolute Gasteiger partial charge is 0.335 e. The van der Waals surface area contributed by atoms with E-state index in [1.165, 1.54) is 37.5 Å². The summed E-state index contributed by atoms with van der Waals surface area (Å²) in [5, 5.41) is 11.5. The Morgan fingerprint density at radius 3 is 2.49 bits per heavy atom. The van der Waals surface area contributed by atoms with Gasteiger partial charge in [0, 0.05) is 5.02 Å². The molecule has 0 aromatic heterocycles. The van der Waals surface area contributed by atoms with E-state index in [0.717, 1.165) is 10.5 Å². The lowest BCUT2D eigenvalue weighted by Gasteiger charge is -2.26. The number of nitrogens with one attached hydrogen (secondary N) is 1. The highest BCUT2D eigenvalue weighted by molar-refractivity contribution is 14.1. The van der Waals surface area contributed by atoms with Crippen LogP contribution in [0.5, 0.6) is 11.5 Å². The summed E-state index contributed by atoms with van der Waals surface area (Å²) >= 11 is 8.04. The SMILES string of the molecule is COc1cc(/C=C2\C(=O)NC(=O)N(c3cccc(Cl)c3)C2=O)cc(I)c1OCc1ccc(C(=O)O)cc1. The molecule has 0 bridgehead atoms. The van der Waals surface area contributed by atoms with Gasteiger partial charge in [0.15, 0.2) is 11.5 Å². The minimum atomic E-state index is -1.02. The number of anilines is 1. The van der Waals surface area contributed by atoms with Gasteiger partial charge in [0.2, 0.25) is 0 Å². The second-order valence-corrected chi connectivity index (χ2v) is 9.36. The number of aromatic carboxylic acids is 1. The van der Waals surface area contributed by atoms with Crippen LogP contribution in [0.1, 0.15) is 21.5 Å². The first-order chi connectivity index (χ1) is 17.7. The molecule has 3 aromatic carbocycles. The molecule has 37 heavy (non-hydrogen) atoms. The topological polar surface area (TPSA) is 122 Å². The lowest BCUT2D eigenvalue weighted by atomic mass is 10.1. The van der Waals surface area contributed by atoms with Gasteiger partial charge < -0.3 is 14.6 Å². The summed E-state index contributed by atoms with van der Waals surface area (Å²) in [5.74, 6) is -1.85. The van der Waals surface area contributed by atoms with Crippen molar-refractivity contribution < 1.29 is 33.8 Å². The normalized spacial score (nSPS) is 14.5. The van der Waals surface area contributed by atoms with Gasteiger partial charge in [-0.15, -0.1) is 0 Å². The van der Waals surface area contributed by atoms with E-state index in [-0.39, 0.29) is 23.4 Å². The van der Waals surface area contributed by atoms with Crippen LogP contribution in [0, 0.1) is 3.57 Å². The van der Waals surface area contributed by atoms with Gasteiger partial charge in [-0.1, -0.05) is 29.8 Å². The maximum absolute atomic E-state index is 13.1. The summed E-state index contributed by atoms with van der Waals surface area (Å²) in [4.78, 5) is 49.9. The fraction of sp³-hybridized carbons (Fsp3) is 0.0769. The zero-order valence-electron chi connectivity index (χ0n) is 19.2. The van der Waals surface area contributed by atoms with Crippen molar-refractivity contribution >= 4 is 69.8 Å². The molecule has 0 aliphatic carbocycles. The average Bonchev–Trinajstić information content (AvgIpc) is 2.85. The van der Waals surface area contributed by atoms with Gasteiger partial charge in [-0.25, -0.2) is 14.5 Å². The van der Waals surface area contributed by atoms with Crippen LogP contribution in [-0.4, -0.2) is 36.0 Å². The first-order valence-electron chi connectivity index (χ1n) is 10.7. The third kappa shape index (κ3) is 5.75. The number of imide groups is 2. The van der Waals surface area contributed by atoms with Crippen molar-refractivity contribution in [1.29, 1.82) is 0 Å². The number of carbonyl (C=O) groups excluding carboxylic acids is 3. The van der Waals surface area contributed by atoms with Crippen LogP contribution in [0.25, 0.3) is 6.08 Å². The molecular weight excluding hydrogens is 615 g/mol. The van der Waals surface area contributed by atoms with E-state index in [9.17, 15) is 19.2 Å². The Hall–Kier alpha value is -3.90. The second kappa shape index (κ2) is 11.0. The molecule has 0 radical (unpaired) electrons. The van der Waals surface area contributed by atoms with Gasteiger partial charge in [0.05, 0.1) is 21.9 Å². The summed E-state index contributed by atoms with van der Waals surface area (Å²) in [6.07, 6.45) is 1.36. The van der Waals surface area contributed by atoms with Gasteiger partial charge in [0.1, 0.15) is 12.2 Å². The van der Waals surface area contributed by atoms with Crippen LogP contribution in [0.3, 0.4) is 0 Å². The first-order valence-corrected chi connectivity index (χ1v) is 12.1. The van der Waals surface area contributed by atoms with Crippen molar-refractivity contribution in [2.45, 2.75) is 6.61 Å². The fourth-order valence-corrected chi connectivity index (χ4v) is 4.50. The third-order valence-corrected chi connectivity index (χ3v) is 6.35. The molecular formula is C26H18ClIN2O7. The number of methoxy groups -OCH3 is 1. The minimum Gasteiger partial charge on any atom is -0.493 e. The Morgan fingerprint density at radius 2 is 1.84 bits per heavy atom. The molecule has 1 saturated heterocycles. The molecule has 0 spiro atoms. The van der Waals surface area contributed by atoms with E-state index in [1.807, 2.05) is 22.6 Å².